The predicted molar refractivity (Wildman–Crippen MR) is 84.3 cm³/mol. The molecule has 5 heteroatoms. The molecule has 1 aromatic heterocycles. The molecular weight excluding hydrogens is 266 g/mol. The standard InChI is InChI=1S/C16H23N3O2/c1-10-7-15(20-5)16(21-6)8-14(10)17-9-13-11(2)18-19(4)12(13)3/h7-8,17H,9H2,1-6H3. The summed E-state index contributed by atoms with van der Waals surface area (Å²) in [5.74, 6) is 1.47. The number of hydrogen-bond acceptors (Lipinski definition) is 4. The Hall–Kier alpha value is -2.17. The molecule has 2 aromatic rings. The molecule has 0 aliphatic carbocycles. The fourth-order valence-electron chi connectivity index (χ4n) is 2.43. The monoisotopic (exact) mass is 289 g/mol. The van der Waals surface area contributed by atoms with Crippen LogP contribution in [0.5, 0.6) is 11.5 Å². The Morgan fingerprint density at radius 1 is 1.10 bits per heavy atom. The number of nitrogens with zero attached hydrogens (tertiary/aromatic N) is 2. The van der Waals surface area contributed by atoms with Crippen molar-refractivity contribution < 1.29 is 9.47 Å². The Bertz CT molecular complexity index is 647. The quantitative estimate of drug-likeness (QED) is 0.919. The summed E-state index contributed by atoms with van der Waals surface area (Å²) in [6.45, 7) is 6.90. The summed E-state index contributed by atoms with van der Waals surface area (Å²) in [5, 5.41) is 7.90. The Kier molecular flexibility index (Phi) is 4.40. The summed E-state index contributed by atoms with van der Waals surface area (Å²) in [6.07, 6.45) is 0. The fraction of sp³-hybridized carbons (Fsp3) is 0.438. The second-order valence-electron chi connectivity index (χ2n) is 5.15. The Morgan fingerprint density at radius 2 is 1.71 bits per heavy atom. The molecule has 0 bridgehead atoms. The van der Waals surface area contributed by atoms with E-state index in [0.29, 0.717) is 0 Å². The maximum atomic E-state index is 5.35. The lowest BCUT2D eigenvalue weighted by atomic mass is 10.1. The number of benzene rings is 1. The van der Waals surface area contributed by atoms with E-state index in [-0.39, 0.29) is 0 Å². The highest BCUT2D eigenvalue weighted by Crippen LogP contribution is 2.33. The van der Waals surface area contributed by atoms with Crippen LogP contribution in [0, 0.1) is 20.8 Å². The molecule has 1 aromatic carbocycles. The third kappa shape index (κ3) is 2.96. The number of aryl methyl sites for hydroxylation is 3. The van der Waals surface area contributed by atoms with Gasteiger partial charge in [0.2, 0.25) is 0 Å². The zero-order chi connectivity index (χ0) is 15.6. The van der Waals surface area contributed by atoms with Crippen LogP contribution in [0.4, 0.5) is 5.69 Å². The zero-order valence-corrected chi connectivity index (χ0v) is 13.6. The maximum absolute atomic E-state index is 5.35. The highest BCUT2D eigenvalue weighted by Gasteiger charge is 2.11. The summed E-state index contributed by atoms with van der Waals surface area (Å²) in [6, 6.07) is 3.94. The van der Waals surface area contributed by atoms with Crippen LogP contribution in [0.25, 0.3) is 0 Å². The molecule has 1 heterocycles. The molecule has 0 saturated heterocycles. The molecule has 0 fully saturated rings. The van der Waals surface area contributed by atoms with Crippen LogP contribution in [0.3, 0.4) is 0 Å². The van der Waals surface area contributed by atoms with Crippen LogP contribution in [-0.2, 0) is 13.6 Å². The van der Waals surface area contributed by atoms with Crippen molar-refractivity contribution in [1.82, 2.24) is 9.78 Å². The summed E-state index contributed by atoms with van der Waals surface area (Å²) in [4.78, 5) is 0. The lowest BCUT2D eigenvalue weighted by Gasteiger charge is -2.14. The highest BCUT2D eigenvalue weighted by atomic mass is 16.5. The third-order valence-electron chi connectivity index (χ3n) is 3.85. The van der Waals surface area contributed by atoms with Gasteiger partial charge in [-0.2, -0.15) is 5.10 Å². The minimum Gasteiger partial charge on any atom is -0.493 e. The van der Waals surface area contributed by atoms with Gasteiger partial charge in [-0.15, -0.1) is 0 Å². The number of aromatic nitrogens is 2. The van der Waals surface area contributed by atoms with E-state index >= 15 is 0 Å². The van der Waals surface area contributed by atoms with Crippen molar-refractivity contribution in [3.63, 3.8) is 0 Å². The number of hydrogen-bond donors (Lipinski definition) is 1. The van der Waals surface area contributed by atoms with Gasteiger partial charge >= 0.3 is 0 Å². The molecule has 0 spiro atoms. The van der Waals surface area contributed by atoms with Crippen molar-refractivity contribution in [3.05, 3.63) is 34.6 Å². The normalized spacial score (nSPS) is 10.6. The molecule has 114 valence electrons. The van der Waals surface area contributed by atoms with Crippen molar-refractivity contribution in [2.45, 2.75) is 27.3 Å². The van der Waals surface area contributed by atoms with E-state index in [0.717, 1.165) is 35.0 Å². The SMILES string of the molecule is COc1cc(C)c(NCc2c(C)nn(C)c2C)cc1OC. The molecule has 0 atom stereocenters. The van der Waals surface area contributed by atoms with E-state index in [2.05, 4.69) is 17.3 Å². The van der Waals surface area contributed by atoms with Crippen LogP contribution in [0.15, 0.2) is 12.1 Å². The van der Waals surface area contributed by atoms with Crippen molar-refractivity contribution in [2.75, 3.05) is 19.5 Å². The van der Waals surface area contributed by atoms with Crippen LogP contribution in [0.1, 0.15) is 22.5 Å². The van der Waals surface area contributed by atoms with Gasteiger partial charge in [-0.25, -0.2) is 0 Å². The van der Waals surface area contributed by atoms with E-state index in [1.807, 2.05) is 37.7 Å². The molecule has 0 radical (unpaired) electrons. The Morgan fingerprint density at radius 3 is 2.24 bits per heavy atom. The van der Waals surface area contributed by atoms with E-state index in [1.54, 1.807) is 14.2 Å². The van der Waals surface area contributed by atoms with Crippen LogP contribution in [-0.4, -0.2) is 24.0 Å². The first kappa shape index (κ1) is 15.2. The number of ether oxygens (including phenoxy) is 2. The van der Waals surface area contributed by atoms with Crippen LogP contribution < -0.4 is 14.8 Å². The molecule has 0 aliphatic rings. The van der Waals surface area contributed by atoms with Crippen LogP contribution in [0.2, 0.25) is 0 Å². The molecule has 21 heavy (non-hydrogen) atoms. The second-order valence-corrected chi connectivity index (χ2v) is 5.15. The predicted octanol–water partition coefficient (Wildman–Crippen LogP) is 2.97. The van der Waals surface area contributed by atoms with Gasteiger partial charge in [-0.05, 0) is 32.4 Å². The molecule has 1 N–H and O–H groups in total. The van der Waals surface area contributed by atoms with E-state index in [1.165, 1.54) is 11.3 Å². The molecular formula is C16H23N3O2. The topological polar surface area (TPSA) is 48.3 Å². The zero-order valence-electron chi connectivity index (χ0n) is 13.6. The largest absolute Gasteiger partial charge is 0.493 e. The third-order valence-corrected chi connectivity index (χ3v) is 3.85. The minimum atomic E-state index is 0.727. The Balaban J connectivity index is 2.24. The number of rotatable bonds is 5. The molecule has 5 nitrogen and oxygen atoms in total. The van der Waals surface area contributed by atoms with Gasteiger partial charge in [-0.3, -0.25) is 4.68 Å². The first-order valence-electron chi connectivity index (χ1n) is 6.93. The molecule has 0 saturated carbocycles. The number of nitrogens with one attached hydrogen (secondary N) is 1. The summed E-state index contributed by atoms with van der Waals surface area (Å²) in [5.41, 5.74) is 5.62. The minimum absolute atomic E-state index is 0.727. The van der Waals surface area contributed by atoms with E-state index < -0.39 is 0 Å². The summed E-state index contributed by atoms with van der Waals surface area (Å²) < 4.78 is 12.6. The van der Waals surface area contributed by atoms with Crippen molar-refractivity contribution in [1.29, 1.82) is 0 Å². The van der Waals surface area contributed by atoms with Gasteiger partial charge in [0, 0.05) is 36.6 Å². The van der Waals surface area contributed by atoms with E-state index in [4.69, 9.17) is 9.47 Å². The van der Waals surface area contributed by atoms with Crippen molar-refractivity contribution in [3.8, 4) is 11.5 Å². The van der Waals surface area contributed by atoms with Crippen LogP contribution >= 0.6 is 0 Å². The maximum Gasteiger partial charge on any atom is 0.162 e. The fourth-order valence-corrected chi connectivity index (χ4v) is 2.43. The lowest BCUT2D eigenvalue weighted by molar-refractivity contribution is 0.355. The smallest absolute Gasteiger partial charge is 0.162 e. The average molecular weight is 289 g/mol. The molecule has 0 amide bonds. The van der Waals surface area contributed by atoms with Gasteiger partial charge in [-0.1, -0.05) is 0 Å². The second kappa shape index (κ2) is 6.08. The molecule has 0 aliphatic heterocycles. The highest BCUT2D eigenvalue weighted by molar-refractivity contribution is 5.60. The van der Waals surface area contributed by atoms with Gasteiger partial charge in [0.1, 0.15) is 0 Å². The van der Waals surface area contributed by atoms with Crippen molar-refractivity contribution >= 4 is 5.69 Å². The Labute approximate surface area is 125 Å². The van der Waals surface area contributed by atoms with Gasteiger partial charge in [0.15, 0.2) is 11.5 Å². The first-order chi connectivity index (χ1) is 9.97. The number of anilines is 1. The first-order valence-corrected chi connectivity index (χ1v) is 6.93. The molecule has 0 unspecified atom stereocenters. The van der Waals surface area contributed by atoms with Crippen molar-refractivity contribution in [2.24, 2.45) is 7.05 Å². The molecule has 2 rings (SSSR count). The van der Waals surface area contributed by atoms with E-state index in [9.17, 15) is 0 Å². The van der Waals surface area contributed by atoms with Gasteiger partial charge in [0.25, 0.3) is 0 Å². The summed E-state index contributed by atoms with van der Waals surface area (Å²) >= 11 is 0. The summed E-state index contributed by atoms with van der Waals surface area (Å²) in [7, 11) is 5.26. The number of methoxy groups -OCH3 is 2. The average Bonchev–Trinajstić information content (AvgIpc) is 2.71. The van der Waals surface area contributed by atoms with Gasteiger partial charge in [0.05, 0.1) is 19.9 Å². The van der Waals surface area contributed by atoms with Gasteiger partial charge < -0.3 is 14.8 Å². The lowest BCUT2D eigenvalue weighted by Crippen LogP contribution is -2.04.